The van der Waals surface area contributed by atoms with Crippen molar-refractivity contribution < 1.29 is 18.4 Å². The fourth-order valence-electron chi connectivity index (χ4n) is 8.21. The zero-order chi connectivity index (χ0) is 30.1. The van der Waals surface area contributed by atoms with Gasteiger partial charge in [0.15, 0.2) is 5.82 Å². The smallest absolute Gasteiger partial charge is 0.316 e. The monoisotopic (exact) mass is 587 g/mol. The van der Waals surface area contributed by atoms with Crippen LogP contribution in [0.1, 0.15) is 104 Å². The molecule has 1 amide bonds. The minimum Gasteiger partial charge on any atom is -0.464 e. The fourth-order valence-corrected chi connectivity index (χ4v) is 8.21. The van der Waals surface area contributed by atoms with Gasteiger partial charge in [0.05, 0.1) is 6.61 Å². The SMILES string of the molecule is CCOc1ncc(-c2cccc(N(CC34CCC(c5nc(C(C)(C)C)no5)(CC3)CC4)C(=O)CC34CC(F)(C3)C4)c2)cn1. The van der Waals surface area contributed by atoms with Crippen LogP contribution in [-0.4, -0.2) is 44.8 Å². The Balaban J connectivity index is 1.13. The molecule has 0 unspecified atom stereocenters. The average Bonchev–Trinajstić information content (AvgIpc) is 3.49. The fraction of sp³-hybridized carbons (Fsp3) is 0.618. The number of carbonyl (C=O) groups excluding carboxylic acids is 1. The summed E-state index contributed by atoms with van der Waals surface area (Å²) in [7, 11) is 0. The molecule has 1 aromatic carbocycles. The normalized spacial score (nSPS) is 30.8. The highest BCUT2D eigenvalue weighted by Gasteiger charge is 2.69. The Kier molecular flexibility index (Phi) is 6.49. The van der Waals surface area contributed by atoms with Crippen molar-refractivity contribution in [3.8, 4) is 17.1 Å². The first kappa shape index (κ1) is 28.4. The summed E-state index contributed by atoms with van der Waals surface area (Å²) in [5, 5.41) is 4.32. The number of halogens is 1. The average molecular weight is 588 g/mol. The number of benzene rings is 1. The Bertz CT molecular complexity index is 1480. The van der Waals surface area contributed by atoms with Gasteiger partial charge in [-0.15, -0.1) is 0 Å². The van der Waals surface area contributed by atoms with E-state index < -0.39 is 5.67 Å². The topological polar surface area (TPSA) is 94.2 Å². The number of rotatable bonds is 9. The molecule has 6 saturated carbocycles. The Morgan fingerprint density at radius 2 is 1.67 bits per heavy atom. The van der Waals surface area contributed by atoms with E-state index >= 15 is 0 Å². The van der Waals surface area contributed by atoms with Gasteiger partial charge < -0.3 is 14.2 Å². The third-order valence-corrected chi connectivity index (χ3v) is 10.7. The number of aromatic nitrogens is 4. The number of anilines is 1. The van der Waals surface area contributed by atoms with Crippen molar-refractivity contribution in [3.63, 3.8) is 0 Å². The van der Waals surface area contributed by atoms with Gasteiger partial charge in [0, 0.05) is 47.4 Å². The van der Waals surface area contributed by atoms with E-state index in [1.54, 1.807) is 12.4 Å². The van der Waals surface area contributed by atoms with E-state index in [2.05, 4.69) is 42.0 Å². The van der Waals surface area contributed by atoms with Gasteiger partial charge in [0.1, 0.15) is 5.67 Å². The molecule has 0 atom stereocenters. The van der Waals surface area contributed by atoms with E-state index in [9.17, 15) is 9.18 Å². The Morgan fingerprint density at radius 1 is 1.00 bits per heavy atom. The van der Waals surface area contributed by atoms with Crippen LogP contribution in [0.2, 0.25) is 0 Å². The van der Waals surface area contributed by atoms with Crippen LogP contribution in [0.4, 0.5) is 10.1 Å². The summed E-state index contributed by atoms with van der Waals surface area (Å²) in [5.41, 5.74) is 1.33. The molecule has 9 heteroatoms. The van der Waals surface area contributed by atoms with E-state index in [4.69, 9.17) is 14.2 Å². The highest BCUT2D eigenvalue weighted by Crippen LogP contribution is 2.71. The van der Waals surface area contributed by atoms with Crippen LogP contribution in [0.25, 0.3) is 11.1 Å². The van der Waals surface area contributed by atoms with Crippen molar-refractivity contribution in [2.75, 3.05) is 18.1 Å². The molecule has 8 nitrogen and oxygen atoms in total. The number of hydrogen-bond acceptors (Lipinski definition) is 7. The molecule has 0 aliphatic heterocycles. The first-order valence-electron chi connectivity index (χ1n) is 15.8. The van der Waals surface area contributed by atoms with Crippen LogP contribution < -0.4 is 9.64 Å². The second-order valence-electron chi connectivity index (χ2n) is 15.0. The Hall–Kier alpha value is -3.36. The lowest BCUT2D eigenvalue weighted by Gasteiger charge is -2.66. The van der Waals surface area contributed by atoms with Crippen LogP contribution in [0, 0.1) is 10.8 Å². The van der Waals surface area contributed by atoms with Crippen molar-refractivity contribution in [2.24, 2.45) is 10.8 Å². The maximum absolute atomic E-state index is 14.4. The molecule has 2 heterocycles. The Labute approximate surface area is 252 Å². The molecule has 0 radical (unpaired) electrons. The number of hydrogen-bond donors (Lipinski definition) is 0. The molecule has 6 aliphatic rings. The van der Waals surface area contributed by atoms with Crippen molar-refractivity contribution in [1.82, 2.24) is 20.1 Å². The number of amides is 1. The van der Waals surface area contributed by atoms with Crippen molar-refractivity contribution in [1.29, 1.82) is 0 Å². The molecule has 43 heavy (non-hydrogen) atoms. The third-order valence-electron chi connectivity index (χ3n) is 10.7. The second-order valence-corrected chi connectivity index (χ2v) is 15.0. The van der Waals surface area contributed by atoms with Crippen LogP contribution in [0.5, 0.6) is 6.01 Å². The molecule has 6 fully saturated rings. The second kappa shape index (κ2) is 9.83. The molecule has 2 aromatic heterocycles. The van der Waals surface area contributed by atoms with Crippen molar-refractivity contribution in [3.05, 3.63) is 48.4 Å². The van der Waals surface area contributed by atoms with Crippen LogP contribution in [-0.2, 0) is 15.6 Å². The summed E-state index contributed by atoms with van der Waals surface area (Å²) in [6.45, 7) is 9.40. The molecule has 6 aliphatic carbocycles. The number of carbonyl (C=O) groups is 1. The van der Waals surface area contributed by atoms with Gasteiger partial charge >= 0.3 is 6.01 Å². The molecular formula is C34H42FN5O3. The van der Waals surface area contributed by atoms with Gasteiger partial charge in [-0.1, -0.05) is 38.1 Å². The summed E-state index contributed by atoms with van der Waals surface area (Å²) < 4.78 is 25.7. The van der Waals surface area contributed by atoms with Gasteiger partial charge in [0.2, 0.25) is 11.8 Å². The molecule has 9 rings (SSSR count). The minimum absolute atomic E-state index is 0.0310. The van der Waals surface area contributed by atoms with Gasteiger partial charge in [-0.05, 0) is 93.2 Å². The predicted molar refractivity (Wildman–Crippen MR) is 161 cm³/mol. The van der Waals surface area contributed by atoms with Gasteiger partial charge in [0.25, 0.3) is 0 Å². The number of alkyl halides is 1. The zero-order valence-electron chi connectivity index (χ0n) is 25.8. The third kappa shape index (κ3) is 5.02. The highest BCUT2D eigenvalue weighted by molar-refractivity contribution is 5.95. The van der Waals surface area contributed by atoms with E-state index in [-0.39, 0.29) is 27.6 Å². The predicted octanol–water partition coefficient (Wildman–Crippen LogP) is 7.13. The lowest BCUT2D eigenvalue weighted by molar-refractivity contribution is -0.215. The van der Waals surface area contributed by atoms with Crippen LogP contribution in [0.3, 0.4) is 0 Å². The molecule has 0 saturated heterocycles. The molecule has 0 spiro atoms. The van der Waals surface area contributed by atoms with Crippen LogP contribution >= 0.6 is 0 Å². The summed E-state index contributed by atoms with van der Waals surface area (Å²) >= 11 is 0. The van der Waals surface area contributed by atoms with Gasteiger partial charge in [-0.25, -0.2) is 14.4 Å². The summed E-state index contributed by atoms with van der Waals surface area (Å²) in [5.74, 6) is 1.65. The lowest BCUT2D eigenvalue weighted by Crippen LogP contribution is -2.65. The highest BCUT2D eigenvalue weighted by atomic mass is 19.1. The summed E-state index contributed by atoms with van der Waals surface area (Å²) in [4.78, 5) is 29.6. The molecule has 3 aromatic rings. The van der Waals surface area contributed by atoms with Gasteiger partial charge in [-0.3, -0.25) is 4.79 Å². The number of fused-ring (bicyclic) bond motifs is 3. The van der Waals surface area contributed by atoms with E-state index in [1.807, 2.05) is 30.0 Å². The maximum Gasteiger partial charge on any atom is 0.316 e. The van der Waals surface area contributed by atoms with Gasteiger partial charge in [-0.2, -0.15) is 4.98 Å². The molecule has 228 valence electrons. The number of nitrogens with zero attached hydrogens (tertiary/aromatic N) is 5. The first-order valence-corrected chi connectivity index (χ1v) is 15.8. The Morgan fingerprint density at radius 3 is 2.26 bits per heavy atom. The zero-order valence-corrected chi connectivity index (χ0v) is 25.8. The largest absolute Gasteiger partial charge is 0.464 e. The lowest BCUT2D eigenvalue weighted by atomic mass is 9.41. The van der Waals surface area contributed by atoms with E-state index in [0.29, 0.717) is 44.8 Å². The van der Waals surface area contributed by atoms with Crippen molar-refractivity contribution >= 4 is 11.6 Å². The standard InChI is InChI=1S/C34H42FN5O3/c1-5-42-29-36-17-24(18-37-29)23-7-6-8-25(15-23)40(26(41)16-32-19-34(35,20-32)21-32)22-31-9-12-33(13-10-31,14-11-31)28-38-27(39-43-28)30(2,3)4/h6-8,15,17-18H,5,9-14,16,19-22H2,1-4H3. The molecule has 0 N–H and O–H groups in total. The van der Waals surface area contributed by atoms with E-state index in [0.717, 1.165) is 67.1 Å². The summed E-state index contributed by atoms with van der Waals surface area (Å²) in [6, 6.07) is 8.45. The maximum atomic E-state index is 14.4. The molecule has 4 bridgehead atoms. The number of ether oxygens (including phenoxy) is 1. The molecular weight excluding hydrogens is 545 g/mol. The van der Waals surface area contributed by atoms with Crippen LogP contribution in [0.15, 0.2) is 41.2 Å². The minimum atomic E-state index is -1.02. The van der Waals surface area contributed by atoms with E-state index in [1.165, 1.54) is 0 Å². The first-order chi connectivity index (χ1) is 20.4. The van der Waals surface area contributed by atoms with Crippen molar-refractivity contribution in [2.45, 2.75) is 108 Å². The summed E-state index contributed by atoms with van der Waals surface area (Å²) in [6.07, 6.45) is 11.5. The quantitative estimate of drug-likeness (QED) is 0.263.